The molecule has 2 aromatic heterocycles. The third kappa shape index (κ3) is 3.57. The Labute approximate surface area is 200 Å². The van der Waals surface area contributed by atoms with Crippen molar-refractivity contribution in [1.82, 2.24) is 19.7 Å². The Morgan fingerprint density at radius 3 is 2.76 bits per heavy atom. The summed E-state index contributed by atoms with van der Waals surface area (Å²) in [5.74, 6) is 2.66. The zero-order chi connectivity index (χ0) is 24.1. The van der Waals surface area contributed by atoms with Gasteiger partial charge in [0.15, 0.2) is 5.82 Å². The molecule has 0 fully saturated rings. The molecule has 178 valence electrons. The van der Waals surface area contributed by atoms with Gasteiger partial charge >= 0.3 is 0 Å². The van der Waals surface area contributed by atoms with Crippen molar-refractivity contribution in [1.29, 1.82) is 0 Å². The molecule has 34 heavy (non-hydrogen) atoms. The van der Waals surface area contributed by atoms with Crippen LogP contribution in [0, 0.1) is 0 Å². The van der Waals surface area contributed by atoms with E-state index in [9.17, 15) is 4.79 Å². The van der Waals surface area contributed by atoms with E-state index in [0.717, 1.165) is 59.2 Å². The Bertz CT molecular complexity index is 1250. The summed E-state index contributed by atoms with van der Waals surface area (Å²) in [6.45, 7) is 8.93. The number of benzene rings is 1. The highest BCUT2D eigenvalue weighted by molar-refractivity contribution is 6.10. The highest BCUT2D eigenvalue weighted by atomic mass is 16.2. The lowest BCUT2D eigenvalue weighted by atomic mass is 10.0. The molecule has 1 aromatic carbocycles. The maximum absolute atomic E-state index is 13.6. The summed E-state index contributed by atoms with van der Waals surface area (Å²) in [6, 6.07) is 10.4. The van der Waals surface area contributed by atoms with Crippen LogP contribution in [-0.4, -0.2) is 38.7 Å². The van der Waals surface area contributed by atoms with E-state index < -0.39 is 0 Å². The average molecular weight is 460 g/mol. The summed E-state index contributed by atoms with van der Waals surface area (Å²) in [5.41, 5.74) is 10.7. The number of anilines is 2. The van der Waals surface area contributed by atoms with Crippen molar-refractivity contribution in [3.05, 3.63) is 53.0 Å². The normalized spacial score (nSPS) is 17.9. The standard InChI is InChI=1S/C26H33N7O/c1-6-21(27)24-20-14-32(26(34)19(20)13-23(28-24)31(5)15(2)3)18-9-7-8-17(12-18)25-30-29-22-11-10-16(4)33(22)25/h7-9,12-13,15-16,21H,6,10-11,14,27H2,1-5H3/t16-,21+/m0/s1. The van der Waals surface area contributed by atoms with Crippen LogP contribution in [0.25, 0.3) is 11.4 Å². The Kier molecular flexibility index (Phi) is 5.64. The fraction of sp³-hybridized carbons (Fsp3) is 0.462. The molecular formula is C26H33N7O. The Morgan fingerprint density at radius 1 is 1.24 bits per heavy atom. The minimum atomic E-state index is -0.214. The largest absolute Gasteiger partial charge is 0.357 e. The second-order valence-electron chi connectivity index (χ2n) is 9.75. The van der Waals surface area contributed by atoms with Gasteiger partial charge in [0.1, 0.15) is 11.6 Å². The van der Waals surface area contributed by atoms with Gasteiger partial charge in [-0.3, -0.25) is 4.79 Å². The molecule has 2 aliphatic heterocycles. The van der Waals surface area contributed by atoms with Crippen molar-refractivity contribution < 1.29 is 4.79 Å². The molecular weight excluding hydrogens is 426 g/mol. The van der Waals surface area contributed by atoms with Gasteiger partial charge in [0, 0.05) is 48.4 Å². The van der Waals surface area contributed by atoms with E-state index in [2.05, 4.69) is 40.4 Å². The summed E-state index contributed by atoms with van der Waals surface area (Å²) in [5, 5.41) is 8.84. The number of hydrogen-bond acceptors (Lipinski definition) is 6. The Hall–Kier alpha value is -3.26. The van der Waals surface area contributed by atoms with Gasteiger partial charge in [-0.2, -0.15) is 0 Å². The zero-order valence-corrected chi connectivity index (χ0v) is 20.6. The molecule has 0 aliphatic carbocycles. The van der Waals surface area contributed by atoms with Crippen molar-refractivity contribution in [3.8, 4) is 11.4 Å². The zero-order valence-electron chi connectivity index (χ0n) is 20.6. The van der Waals surface area contributed by atoms with Crippen LogP contribution in [0.4, 0.5) is 11.5 Å². The number of nitrogens with two attached hydrogens (primary N) is 1. The minimum Gasteiger partial charge on any atom is -0.357 e. The minimum absolute atomic E-state index is 0.0163. The number of pyridine rings is 1. The van der Waals surface area contributed by atoms with Gasteiger partial charge in [0.25, 0.3) is 5.91 Å². The number of aromatic nitrogens is 4. The molecule has 2 aliphatic rings. The summed E-state index contributed by atoms with van der Waals surface area (Å²) in [7, 11) is 2.00. The van der Waals surface area contributed by atoms with Crippen LogP contribution < -0.4 is 15.5 Å². The van der Waals surface area contributed by atoms with E-state index in [1.165, 1.54) is 0 Å². The van der Waals surface area contributed by atoms with E-state index in [1.54, 1.807) is 0 Å². The molecule has 0 saturated heterocycles. The molecule has 2 N–H and O–H groups in total. The quantitative estimate of drug-likeness (QED) is 0.592. The van der Waals surface area contributed by atoms with Gasteiger partial charge in [-0.05, 0) is 51.8 Å². The van der Waals surface area contributed by atoms with Gasteiger partial charge in [-0.25, -0.2) is 4.98 Å². The van der Waals surface area contributed by atoms with Crippen LogP contribution in [0.1, 0.15) is 80.1 Å². The van der Waals surface area contributed by atoms with Crippen LogP contribution in [0.5, 0.6) is 0 Å². The van der Waals surface area contributed by atoms with Crippen LogP contribution in [0.15, 0.2) is 30.3 Å². The first-order chi connectivity index (χ1) is 16.3. The number of rotatable bonds is 6. The number of nitrogens with zero attached hydrogens (tertiary/aromatic N) is 6. The summed E-state index contributed by atoms with van der Waals surface area (Å²) in [6.07, 6.45) is 2.79. The van der Waals surface area contributed by atoms with E-state index in [1.807, 2.05) is 49.2 Å². The topological polar surface area (TPSA) is 93.2 Å². The van der Waals surface area contributed by atoms with Crippen molar-refractivity contribution in [2.45, 2.75) is 71.6 Å². The first kappa shape index (κ1) is 22.5. The number of aryl methyl sites for hydroxylation is 1. The first-order valence-corrected chi connectivity index (χ1v) is 12.2. The van der Waals surface area contributed by atoms with Gasteiger partial charge in [0.2, 0.25) is 0 Å². The van der Waals surface area contributed by atoms with E-state index in [-0.39, 0.29) is 18.0 Å². The Balaban J connectivity index is 1.54. The van der Waals surface area contributed by atoms with Crippen LogP contribution >= 0.6 is 0 Å². The lowest BCUT2D eigenvalue weighted by Crippen LogP contribution is -2.28. The maximum Gasteiger partial charge on any atom is 0.259 e. The predicted octanol–water partition coefficient (Wildman–Crippen LogP) is 4.26. The molecule has 1 amide bonds. The summed E-state index contributed by atoms with van der Waals surface area (Å²) >= 11 is 0. The fourth-order valence-electron chi connectivity index (χ4n) is 4.90. The number of fused-ring (bicyclic) bond motifs is 2. The van der Waals surface area contributed by atoms with E-state index >= 15 is 0 Å². The van der Waals surface area contributed by atoms with Gasteiger partial charge in [-0.15, -0.1) is 10.2 Å². The highest BCUT2D eigenvalue weighted by Gasteiger charge is 2.34. The first-order valence-electron chi connectivity index (χ1n) is 12.2. The fourth-order valence-corrected chi connectivity index (χ4v) is 4.90. The van der Waals surface area contributed by atoms with E-state index in [0.29, 0.717) is 18.2 Å². The number of amides is 1. The van der Waals surface area contributed by atoms with Crippen molar-refractivity contribution in [3.63, 3.8) is 0 Å². The van der Waals surface area contributed by atoms with Crippen LogP contribution in [0.3, 0.4) is 0 Å². The monoisotopic (exact) mass is 459 g/mol. The highest BCUT2D eigenvalue weighted by Crippen LogP contribution is 2.37. The molecule has 8 heteroatoms. The SMILES string of the molecule is CC[C@@H](N)c1nc(N(C)C(C)C)cc2c1CN(c1cccc(-c3nnc4n3[C@@H](C)CC4)c1)C2=O. The van der Waals surface area contributed by atoms with Crippen LogP contribution in [0.2, 0.25) is 0 Å². The van der Waals surface area contributed by atoms with Crippen LogP contribution in [-0.2, 0) is 13.0 Å². The molecule has 0 bridgehead atoms. The number of carbonyl (C=O) groups is 1. The molecule has 0 radical (unpaired) electrons. The lowest BCUT2D eigenvalue weighted by Gasteiger charge is -2.25. The predicted molar refractivity (Wildman–Crippen MR) is 134 cm³/mol. The van der Waals surface area contributed by atoms with Crippen molar-refractivity contribution in [2.75, 3.05) is 16.8 Å². The summed E-state index contributed by atoms with van der Waals surface area (Å²) in [4.78, 5) is 22.5. The molecule has 4 heterocycles. The lowest BCUT2D eigenvalue weighted by molar-refractivity contribution is 0.0996. The van der Waals surface area contributed by atoms with Gasteiger partial charge in [0.05, 0.1) is 17.8 Å². The molecule has 8 nitrogen and oxygen atoms in total. The van der Waals surface area contributed by atoms with E-state index in [4.69, 9.17) is 10.7 Å². The molecule has 3 aromatic rings. The summed E-state index contributed by atoms with van der Waals surface area (Å²) < 4.78 is 2.22. The molecule has 0 unspecified atom stereocenters. The van der Waals surface area contributed by atoms with Crippen molar-refractivity contribution >= 4 is 17.4 Å². The molecule has 0 spiro atoms. The third-order valence-corrected chi connectivity index (χ3v) is 7.27. The second kappa shape index (κ2) is 8.51. The molecule has 0 saturated carbocycles. The maximum atomic E-state index is 13.6. The van der Waals surface area contributed by atoms with Crippen molar-refractivity contribution in [2.24, 2.45) is 5.73 Å². The number of hydrogen-bond donors (Lipinski definition) is 1. The van der Waals surface area contributed by atoms with Gasteiger partial charge in [-0.1, -0.05) is 19.1 Å². The average Bonchev–Trinajstić information content (AvgIpc) is 3.52. The number of carbonyl (C=O) groups excluding carboxylic acids is 1. The molecule has 5 rings (SSSR count). The molecule has 2 atom stereocenters. The van der Waals surface area contributed by atoms with Gasteiger partial charge < -0.3 is 20.1 Å². The Morgan fingerprint density at radius 2 is 2.03 bits per heavy atom. The second-order valence-corrected chi connectivity index (χ2v) is 9.75. The third-order valence-electron chi connectivity index (χ3n) is 7.27. The smallest absolute Gasteiger partial charge is 0.259 e.